The molecule has 0 saturated carbocycles. The number of amides is 1. The molecule has 1 saturated heterocycles. The maximum atomic E-state index is 12.3. The van der Waals surface area contributed by atoms with Gasteiger partial charge in [0, 0.05) is 51.7 Å². The Labute approximate surface area is 183 Å². The molecule has 0 aromatic carbocycles. The monoisotopic (exact) mass is 442 g/mol. The molecule has 3 aromatic rings. The summed E-state index contributed by atoms with van der Waals surface area (Å²) in [5, 5.41) is 2.60. The number of hydrogen-bond donors (Lipinski definition) is 2. The quantitative estimate of drug-likeness (QED) is 0.613. The fourth-order valence-corrected chi connectivity index (χ4v) is 5.22. The van der Waals surface area contributed by atoms with E-state index >= 15 is 0 Å². The van der Waals surface area contributed by atoms with Gasteiger partial charge in [-0.3, -0.25) is 19.1 Å². The Balaban J connectivity index is 1.47. The fraction of sp³-hybridized carbons (Fsp3) is 0.429. The number of likely N-dealkylation sites (tertiary alicyclic amines) is 1. The van der Waals surface area contributed by atoms with Gasteiger partial charge in [-0.05, 0) is 31.5 Å². The molecule has 0 bridgehead atoms. The van der Waals surface area contributed by atoms with Gasteiger partial charge in [-0.25, -0.2) is 9.78 Å². The van der Waals surface area contributed by atoms with Crippen LogP contribution in [0.25, 0.3) is 10.2 Å². The number of aromatic nitrogens is 3. The molecule has 0 aliphatic carbocycles. The van der Waals surface area contributed by atoms with E-state index in [1.54, 1.807) is 13.1 Å². The number of anilines is 1. The van der Waals surface area contributed by atoms with Gasteiger partial charge in [0.05, 0.1) is 16.9 Å². The smallest absolute Gasteiger partial charge is 0.328 e. The highest BCUT2D eigenvalue weighted by atomic mass is 32.1. The number of H-pyrrole nitrogens is 1. The predicted octanol–water partition coefficient (Wildman–Crippen LogP) is 1.06. The minimum Gasteiger partial charge on any atom is -0.369 e. The van der Waals surface area contributed by atoms with Crippen molar-refractivity contribution in [2.24, 2.45) is 7.05 Å². The topological polar surface area (TPSA) is 103 Å². The first-order valence-electron chi connectivity index (χ1n) is 10.1. The van der Waals surface area contributed by atoms with Gasteiger partial charge >= 0.3 is 5.69 Å². The molecule has 10 heteroatoms. The van der Waals surface area contributed by atoms with E-state index in [0.717, 1.165) is 46.9 Å². The number of fused-ring (bicyclic) bond motifs is 1. The molecule has 1 aliphatic rings. The van der Waals surface area contributed by atoms with Crippen molar-refractivity contribution < 1.29 is 4.79 Å². The van der Waals surface area contributed by atoms with Gasteiger partial charge in [-0.15, -0.1) is 11.3 Å². The van der Waals surface area contributed by atoms with Crippen molar-refractivity contribution in [2.75, 3.05) is 32.1 Å². The first-order valence-corrected chi connectivity index (χ1v) is 11.0. The second kappa shape index (κ2) is 8.27. The predicted molar refractivity (Wildman–Crippen MR) is 122 cm³/mol. The van der Waals surface area contributed by atoms with Gasteiger partial charge in [0.15, 0.2) is 0 Å². The van der Waals surface area contributed by atoms with Crippen molar-refractivity contribution in [3.63, 3.8) is 0 Å². The number of thiophene rings is 1. The zero-order valence-electron chi connectivity index (χ0n) is 18.1. The van der Waals surface area contributed by atoms with Gasteiger partial charge in [-0.1, -0.05) is 0 Å². The third-order valence-corrected chi connectivity index (χ3v) is 7.01. The Morgan fingerprint density at radius 1 is 1.39 bits per heavy atom. The van der Waals surface area contributed by atoms with Gasteiger partial charge in [0.2, 0.25) is 0 Å². The highest BCUT2D eigenvalue weighted by Gasteiger charge is 2.27. The lowest BCUT2D eigenvalue weighted by atomic mass is 10.2. The van der Waals surface area contributed by atoms with Crippen molar-refractivity contribution in [2.45, 2.75) is 25.9 Å². The number of rotatable bonds is 5. The molecule has 1 amide bonds. The molecule has 4 heterocycles. The number of hydrogen-bond acceptors (Lipinski definition) is 7. The molecule has 31 heavy (non-hydrogen) atoms. The van der Waals surface area contributed by atoms with Crippen LogP contribution in [0.15, 0.2) is 27.8 Å². The van der Waals surface area contributed by atoms with E-state index < -0.39 is 5.69 Å². The van der Waals surface area contributed by atoms with E-state index in [-0.39, 0.29) is 11.5 Å². The Bertz CT molecular complexity index is 1260. The zero-order valence-corrected chi connectivity index (χ0v) is 18.9. The van der Waals surface area contributed by atoms with Gasteiger partial charge in [0.25, 0.3) is 11.5 Å². The van der Waals surface area contributed by atoms with Crippen LogP contribution in [0.1, 0.15) is 27.5 Å². The fourth-order valence-electron chi connectivity index (χ4n) is 4.09. The van der Waals surface area contributed by atoms with Crippen LogP contribution in [0.2, 0.25) is 0 Å². The summed E-state index contributed by atoms with van der Waals surface area (Å²) >= 11 is 1.44. The molecule has 2 N–H and O–H groups in total. The lowest BCUT2D eigenvalue weighted by Crippen LogP contribution is -2.35. The third-order valence-electron chi connectivity index (χ3n) is 5.90. The number of aromatic amines is 1. The van der Waals surface area contributed by atoms with Gasteiger partial charge in [-0.2, -0.15) is 0 Å². The van der Waals surface area contributed by atoms with E-state index in [1.807, 2.05) is 19.1 Å². The molecule has 4 rings (SSSR count). The minimum absolute atomic E-state index is 0.191. The average Bonchev–Trinajstić information content (AvgIpc) is 3.38. The zero-order chi connectivity index (χ0) is 22.3. The van der Waals surface area contributed by atoms with Crippen LogP contribution in [-0.2, 0) is 13.6 Å². The highest BCUT2D eigenvalue weighted by molar-refractivity contribution is 7.18. The second-order valence-corrected chi connectivity index (χ2v) is 9.06. The molecule has 9 nitrogen and oxygen atoms in total. The van der Waals surface area contributed by atoms with E-state index in [4.69, 9.17) is 0 Å². The van der Waals surface area contributed by atoms with Crippen LogP contribution in [0.3, 0.4) is 0 Å². The molecular weight excluding hydrogens is 416 g/mol. The van der Waals surface area contributed by atoms with E-state index in [2.05, 4.69) is 32.1 Å². The maximum Gasteiger partial charge on any atom is 0.328 e. The van der Waals surface area contributed by atoms with Crippen molar-refractivity contribution >= 4 is 33.1 Å². The van der Waals surface area contributed by atoms with Crippen LogP contribution in [-0.4, -0.2) is 58.6 Å². The van der Waals surface area contributed by atoms with Gasteiger partial charge in [0.1, 0.15) is 10.4 Å². The standard InChI is InChI=1S/C21H26N6O3S/c1-12-17(6-5-15(23-12)19(28)22-2)25(3)13-7-8-27(10-13)11-14-9-16-18(31-14)20(29)26(4)21(30)24-16/h5-6,9,13H,7-8,10-11H2,1-4H3,(H,22,28)(H,24,30). The van der Waals surface area contributed by atoms with Crippen LogP contribution < -0.4 is 21.5 Å². The second-order valence-electron chi connectivity index (χ2n) is 7.92. The number of likely N-dealkylation sites (N-methyl/N-ethyl adjacent to an activating group) is 1. The summed E-state index contributed by atoms with van der Waals surface area (Å²) in [6.07, 6.45) is 1.01. The van der Waals surface area contributed by atoms with Crippen molar-refractivity contribution in [3.05, 3.63) is 55.3 Å². The number of nitrogens with zero attached hydrogens (tertiary/aromatic N) is 4. The van der Waals surface area contributed by atoms with Crippen molar-refractivity contribution in [1.82, 2.24) is 24.8 Å². The number of pyridine rings is 1. The summed E-state index contributed by atoms with van der Waals surface area (Å²) in [5.41, 5.74) is 2.22. The number of carbonyl (C=O) groups excluding carboxylic acids is 1. The first-order chi connectivity index (χ1) is 14.8. The van der Waals surface area contributed by atoms with E-state index in [0.29, 0.717) is 22.0 Å². The molecule has 1 fully saturated rings. The maximum absolute atomic E-state index is 12.3. The molecular formula is C21H26N6O3S. The van der Waals surface area contributed by atoms with Crippen molar-refractivity contribution in [1.29, 1.82) is 0 Å². The van der Waals surface area contributed by atoms with Gasteiger partial charge < -0.3 is 15.2 Å². The van der Waals surface area contributed by atoms with E-state index in [9.17, 15) is 14.4 Å². The number of aryl methyl sites for hydroxylation is 1. The molecule has 1 aliphatic heterocycles. The van der Waals surface area contributed by atoms with Crippen molar-refractivity contribution in [3.8, 4) is 0 Å². The summed E-state index contributed by atoms with van der Waals surface area (Å²) in [6.45, 7) is 4.49. The molecule has 3 aromatic heterocycles. The Hall–Kier alpha value is -2.98. The summed E-state index contributed by atoms with van der Waals surface area (Å²) in [4.78, 5) is 48.8. The molecule has 164 valence electrons. The summed E-state index contributed by atoms with van der Waals surface area (Å²) in [6, 6.07) is 5.94. The minimum atomic E-state index is -0.392. The first kappa shape index (κ1) is 21.3. The highest BCUT2D eigenvalue weighted by Crippen LogP contribution is 2.27. The summed E-state index contributed by atoms with van der Waals surface area (Å²) < 4.78 is 1.69. The molecule has 1 unspecified atom stereocenters. The average molecular weight is 443 g/mol. The van der Waals surface area contributed by atoms with Crippen LogP contribution in [0.5, 0.6) is 0 Å². The summed E-state index contributed by atoms with van der Waals surface area (Å²) in [7, 11) is 5.14. The third kappa shape index (κ3) is 4.00. The van der Waals surface area contributed by atoms with Crippen LogP contribution >= 0.6 is 11.3 Å². The van der Waals surface area contributed by atoms with E-state index in [1.165, 1.54) is 18.4 Å². The largest absolute Gasteiger partial charge is 0.369 e. The molecule has 0 spiro atoms. The normalized spacial score (nSPS) is 16.7. The Morgan fingerprint density at radius 3 is 2.87 bits per heavy atom. The lowest BCUT2D eigenvalue weighted by Gasteiger charge is -2.28. The summed E-state index contributed by atoms with van der Waals surface area (Å²) in [5.74, 6) is -0.191. The SMILES string of the molecule is CNC(=O)c1ccc(N(C)C2CCN(Cc3cc4[nH]c(=O)n(C)c(=O)c4s3)C2)c(C)n1. The number of nitrogens with one attached hydrogen (secondary N) is 2. The Kier molecular flexibility index (Phi) is 5.67. The molecule has 1 atom stereocenters. The van der Waals surface area contributed by atoms with Crippen LogP contribution in [0.4, 0.5) is 5.69 Å². The molecule has 0 radical (unpaired) electrons. The number of carbonyl (C=O) groups is 1. The lowest BCUT2D eigenvalue weighted by molar-refractivity contribution is 0.0958. The van der Waals surface area contributed by atoms with Crippen LogP contribution in [0, 0.1) is 6.92 Å². The Morgan fingerprint density at radius 2 is 2.16 bits per heavy atom.